The van der Waals surface area contributed by atoms with Gasteiger partial charge in [-0.3, -0.25) is 4.79 Å². The Balaban J connectivity index is 2.20. The molecule has 0 saturated carbocycles. The zero-order valence-electron chi connectivity index (χ0n) is 8.51. The molecule has 0 aliphatic carbocycles. The van der Waals surface area contributed by atoms with Crippen LogP contribution in [0.1, 0.15) is 25.7 Å². The van der Waals surface area contributed by atoms with Crippen molar-refractivity contribution in [3.05, 3.63) is 0 Å². The Morgan fingerprint density at radius 1 is 1.29 bits per heavy atom. The highest BCUT2D eigenvalue weighted by atomic mass is 79.9. The van der Waals surface area contributed by atoms with Crippen molar-refractivity contribution in [2.24, 2.45) is 0 Å². The summed E-state index contributed by atoms with van der Waals surface area (Å²) in [6, 6.07) is 0. The fourth-order valence-corrected chi connectivity index (χ4v) is 2.81. The molecule has 1 aliphatic heterocycles. The van der Waals surface area contributed by atoms with E-state index in [2.05, 4.69) is 15.9 Å². The van der Waals surface area contributed by atoms with E-state index in [1.165, 1.54) is 5.75 Å². The van der Waals surface area contributed by atoms with Gasteiger partial charge in [-0.05, 0) is 25.0 Å². The highest BCUT2D eigenvalue weighted by Crippen LogP contribution is 2.12. The first-order chi connectivity index (χ1) is 6.84. The first kappa shape index (κ1) is 12.4. The zero-order valence-corrected chi connectivity index (χ0v) is 10.9. The van der Waals surface area contributed by atoms with Gasteiger partial charge in [0.05, 0.1) is 0 Å². The number of unbranched alkanes of at least 4 members (excludes halogenated alkanes) is 1. The molecule has 0 N–H and O–H groups in total. The minimum atomic E-state index is 0.355. The van der Waals surface area contributed by atoms with Crippen molar-refractivity contribution >= 4 is 33.6 Å². The SMILES string of the molecule is O=C(CCCCBr)N1CCCSCC1. The normalized spacial score (nSPS) is 17.9. The summed E-state index contributed by atoms with van der Waals surface area (Å²) < 4.78 is 0. The molecule has 82 valence electrons. The largest absolute Gasteiger partial charge is 0.342 e. The molecule has 0 atom stereocenters. The van der Waals surface area contributed by atoms with E-state index >= 15 is 0 Å². The minimum Gasteiger partial charge on any atom is -0.342 e. The number of alkyl halides is 1. The maximum Gasteiger partial charge on any atom is 0.222 e. The molecule has 0 bridgehead atoms. The van der Waals surface area contributed by atoms with Crippen molar-refractivity contribution in [3.8, 4) is 0 Å². The third-order valence-corrected chi connectivity index (χ3v) is 3.96. The maximum absolute atomic E-state index is 11.7. The van der Waals surface area contributed by atoms with Gasteiger partial charge in [0, 0.05) is 30.6 Å². The van der Waals surface area contributed by atoms with Crippen LogP contribution in [0, 0.1) is 0 Å². The number of hydrogen-bond donors (Lipinski definition) is 0. The average Bonchev–Trinajstić information content (AvgIpc) is 2.46. The molecule has 0 aromatic carbocycles. The van der Waals surface area contributed by atoms with Crippen LogP contribution >= 0.6 is 27.7 Å². The number of hydrogen-bond acceptors (Lipinski definition) is 2. The van der Waals surface area contributed by atoms with Crippen LogP contribution in [-0.4, -0.2) is 40.7 Å². The summed E-state index contributed by atoms with van der Waals surface area (Å²) >= 11 is 5.34. The van der Waals surface area contributed by atoms with Gasteiger partial charge in [0.2, 0.25) is 5.91 Å². The van der Waals surface area contributed by atoms with E-state index in [1.807, 2.05) is 16.7 Å². The van der Waals surface area contributed by atoms with Gasteiger partial charge in [0.25, 0.3) is 0 Å². The molecule has 1 amide bonds. The topological polar surface area (TPSA) is 20.3 Å². The van der Waals surface area contributed by atoms with Crippen molar-refractivity contribution in [1.29, 1.82) is 0 Å². The molecular weight excluding hydrogens is 262 g/mol. The van der Waals surface area contributed by atoms with Gasteiger partial charge in [-0.2, -0.15) is 11.8 Å². The summed E-state index contributed by atoms with van der Waals surface area (Å²) in [6.45, 7) is 1.93. The zero-order chi connectivity index (χ0) is 10.2. The predicted octanol–water partition coefficient (Wildman–Crippen LogP) is 2.52. The van der Waals surface area contributed by atoms with Crippen LogP contribution in [0.2, 0.25) is 0 Å². The Hall–Kier alpha value is 0.300. The number of rotatable bonds is 4. The molecule has 0 aromatic heterocycles. The minimum absolute atomic E-state index is 0.355. The summed E-state index contributed by atoms with van der Waals surface area (Å²) in [5, 5.41) is 1.01. The standard InChI is InChI=1S/C10H18BrNOS/c11-5-2-1-4-10(13)12-6-3-8-14-9-7-12/h1-9H2. The van der Waals surface area contributed by atoms with E-state index in [9.17, 15) is 4.79 Å². The molecule has 0 unspecified atom stereocenters. The second-order valence-electron chi connectivity index (χ2n) is 3.49. The number of halogens is 1. The summed E-state index contributed by atoms with van der Waals surface area (Å²) in [6.07, 6.45) is 4.02. The monoisotopic (exact) mass is 279 g/mol. The number of amides is 1. The van der Waals surface area contributed by atoms with Crippen LogP contribution in [0.25, 0.3) is 0 Å². The Morgan fingerprint density at radius 2 is 2.14 bits per heavy atom. The van der Waals surface area contributed by atoms with Gasteiger partial charge < -0.3 is 4.90 Å². The lowest BCUT2D eigenvalue weighted by atomic mass is 10.2. The van der Waals surface area contributed by atoms with Gasteiger partial charge in [0.15, 0.2) is 0 Å². The third-order valence-electron chi connectivity index (χ3n) is 2.35. The van der Waals surface area contributed by atoms with Crippen molar-refractivity contribution in [1.82, 2.24) is 4.90 Å². The second kappa shape index (κ2) is 7.57. The Labute approximate surface area is 98.9 Å². The lowest BCUT2D eigenvalue weighted by Gasteiger charge is -2.19. The van der Waals surface area contributed by atoms with Crippen LogP contribution in [0.15, 0.2) is 0 Å². The van der Waals surface area contributed by atoms with Crippen LogP contribution < -0.4 is 0 Å². The molecule has 14 heavy (non-hydrogen) atoms. The molecule has 1 rings (SSSR count). The van der Waals surface area contributed by atoms with Crippen molar-refractivity contribution in [3.63, 3.8) is 0 Å². The molecule has 0 spiro atoms. The van der Waals surface area contributed by atoms with Crippen molar-refractivity contribution in [2.45, 2.75) is 25.7 Å². The predicted molar refractivity (Wildman–Crippen MR) is 66.2 cm³/mol. The maximum atomic E-state index is 11.7. The number of carbonyl (C=O) groups is 1. The average molecular weight is 280 g/mol. The Bertz CT molecular complexity index is 170. The van der Waals surface area contributed by atoms with Gasteiger partial charge in [-0.25, -0.2) is 0 Å². The van der Waals surface area contributed by atoms with E-state index < -0.39 is 0 Å². The number of carbonyl (C=O) groups excluding carboxylic acids is 1. The highest BCUT2D eigenvalue weighted by molar-refractivity contribution is 9.09. The summed E-state index contributed by atoms with van der Waals surface area (Å²) in [5.74, 6) is 2.68. The van der Waals surface area contributed by atoms with Crippen LogP contribution in [-0.2, 0) is 4.79 Å². The van der Waals surface area contributed by atoms with E-state index in [-0.39, 0.29) is 0 Å². The van der Waals surface area contributed by atoms with Crippen LogP contribution in [0.5, 0.6) is 0 Å². The fraction of sp³-hybridized carbons (Fsp3) is 0.900. The highest BCUT2D eigenvalue weighted by Gasteiger charge is 2.14. The summed E-state index contributed by atoms with van der Waals surface area (Å²) in [5.41, 5.74) is 0. The first-order valence-electron chi connectivity index (χ1n) is 5.26. The van der Waals surface area contributed by atoms with E-state index in [0.29, 0.717) is 5.91 Å². The molecule has 1 fully saturated rings. The van der Waals surface area contributed by atoms with Crippen LogP contribution in [0.4, 0.5) is 0 Å². The van der Waals surface area contributed by atoms with E-state index in [0.717, 1.165) is 49.9 Å². The summed E-state index contributed by atoms with van der Waals surface area (Å²) in [4.78, 5) is 13.8. The number of nitrogens with zero attached hydrogens (tertiary/aromatic N) is 1. The van der Waals surface area contributed by atoms with Gasteiger partial charge >= 0.3 is 0 Å². The lowest BCUT2D eigenvalue weighted by Crippen LogP contribution is -2.32. The number of thioether (sulfide) groups is 1. The molecular formula is C10H18BrNOS. The molecule has 1 saturated heterocycles. The van der Waals surface area contributed by atoms with Gasteiger partial charge in [-0.15, -0.1) is 0 Å². The summed E-state index contributed by atoms with van der Waals surface area (Å²) in [7, 11) is 0. The molecule has 0 radical (unpaired) electrons. The molecule has 0 aromatic rings. The van der Waals surface area contributed by atoms with Crippen LogP contribution in [0.3, 0.4) is 0 Å². The van der Waals surface area contributed by atoms with E-state index in [4.69, 9.17) is 0 Å². The van der Waals surface area contributed by atoms with Crippen molar-refractivity contribution < 1.29 is 4.79 Å². The first-order valence-corrected chi connectivity index (χ1v) is 7.53. The Morgan fingerprint density at radius 3 is 2.93 bits per heavy atom. The van der Waals surface area contributed by atoms with Gasteiger partial charge in [0.1, 0.15) is 0 Å². The molecule has 2 nitrogen and oxygen atoms in total. The quantitative estimate of drug-likeness (QED) is 0.582. The lowest BCUT2D eigenvalue weighted by molar-refractivity contribution is -0.131. The van der Waals surface area contributed by atoms with Crippen molar-refractivity contribution in [2.75, 3.05) is 29.9 Å². The third kappa shape index (κ3) is 4.69. The molecule has 1 heterocycles. The second-order valence-corrected chi connectivity index (χ2v) is 5.51. The molecule has 4 heteroatoms. The molecule has 1 aliphatic rings. The van der Waals surface area contributed by atoms with Gasteiger partial charge in [-0.1, -0.05) is 15.9 Å². The Kier molecular flexibility index (Phi) is 6.69. The van der Waals surface area contributed by atoms with E-state index in [1.54, 1.807) is 0 Å². The fourth-order valence-electron chi connectivity index (χ4n) is 1.52. The smallest absolute Gasteiger partial charge is 0.222 e.